The van der Waals surface area contributed by atoms with Crippen LogP contribution in [0.3, 0.4) is 0 Å². The molecule has 0 fully saturated rings. The number of benzene rings is 8. The van der Waals surface area contributed by atoms with Crippen LogP contribution in [0.4, 0.5) is 0 Å². The highest BCUT2D eigenvalue weighted by molar-refractivity contribution is 7.26. The van der Waals surface area contributed by atoms with Gasteiger partial charge in [-0.3, -0.25) is 0 Å². The summed E-state index contributed by atoms with van der Waals surface area (Å²) >= 11 is 3.63. The minimum absolute atomic E-state index is 0.573. The molecule has 0 saturated heterocycles. The van der Waals surface area contributed by atoms with E-state index in [4.69, 9.17) is 19.4 Å². The average Bonchev–Trinajstić information content (AvgIpc) is 3.97. The molecule has 0 amide bonds. The average molecular weight is 764 g/mol. The molecule has 0 unspecified atom stereocenters. The quantitative estimate of drug-likeness (QED) is 0.175. The summed E-state index contributed by atoms with van der Waals surface area (Å²) in [7, 11) is 0. The highest BCUT2D eigenvalue weighted by Crippen LogP contribution is 2.45. The van der Waals surface area contributed by atoms with Crippen molar-refractivity contribution in [2.24, 2.45) is 0 Å². The summed E-state index contributed by atoms with van der Waals surface area (Å²) in [5, 5.41) is 7.06. The van der Waals surface area contributed by atoms with E-state index in [9.17, 15) is 0 Å². The maximum Gasteiger partial charge on any atom is 0.167 e. The number of hydrogen-bond acceptors (Lipinski definition) is 6. The molecular weight excluding hydrogens is 735 g/mol. The van der Waals surface area contributed by atoms with E-state index in [1.54, 1.807) is 11.3 Å². The molecule has 0 saturated carbocycles. The first kappa shape index (κ1) is 32.3. The molecule has 6 heteroatoms. The third kappa shape index (κ3) is 5.22. The predicted molar refractivity (Wildman–Crippen MR) is 240 cm³/mol. The standard InChI is InChI=1S/C51H29N3OS2/c1-3-13-30(14-4-1)41-27-33(28-42-36-18-8-10-24-45(36)57-48(41)42)32-25-26-34-37-19-11-21-39(46(37)55-43(34)29-32)50-52-49(31-15-5-2-6-16-31)53-51(54-50)40-22-12-20-38-35-17-7-9-23-44(35)56-47(38)40/h1-29H. The van der Waals surface area contributed by atoms with Crippen molar-refractivity contribution in [1.82, 2.24) is 15.0 Å². The number of aromatic nitrogens is 3. The van der Waals surface area contributed by atoms with Crippen molar-refractivity contribution in [1.29, 1.82) is 0 Å². The molecule has 4 heterocycles. The molecular formula is C51H29N3OS2. The van der Waals surface area contributed by atoms with Crippen molar-refractivity contribution in [2.75, 3.05) is 0 Å². The van der Waals surface area contributed by atoms with Gasteiger partial charge in [0, 0.05) is 67.8 Å². The number of furan rings is 1. The fraction of sp³-hybridized carbons (Fsp3) is 0. The molecule has 4 aromatic heterocycles. The molecule has 0 N–H and O–H groups in total. The topological polar surface area (TPSA) is 51.8 Å². The van der Waals surface area contributed by atoms with E-state index < -0.39 is 0 Å². The van der Waals surface area contributed by atoms with Crippen LogP contribution in [0.25, 0.3) is 119 Å². The molecule has 0 spiro atoms. The Hall–Kier alpha value is -6.99. The van der Waals surface area contributed by atoms with Gasteiger partial charge in [-0.1, -0.05) is 127 Å². The summed E-state index contributed by atoms with van der Waals surface area (Å²) in [6.07, 6.45) is 0. The Bertz CT molecular complexity index is 3530. The van der Waals surface area contributed by atoms with E-state index in [-0.39, 0.29) is 0 Å². The maximum absolute atomic E-state index is 6.86. The highest BCUT2D eigenvalue weighted by Gasteiger charge is 2.21. The van der Waals surface area contributed by atoms with Crippen molar-refractivity contribution in [2.45, 2.75) is 0 Å². The van der Waals surface area contributed by atoms with Crippen molar-refractivity contribution in [3.63, 3.8) is 0 Å². The number of hydrogen-bond donors (Lipinski definition) is 0. The molecule has 4 nitrogen and oxygen atoms in total. The van der Waals surface area contributed by atoms with Gasteiger partial charge >= 0.3 is 0 Å². The zero-order chi connectivity index (χ0) is 37.5. The van der Waals surface area contributed by atoms with Crippen LogP contribution in [-0.2, 0) is 0 Å². The number of rotatable bonds is 5. The van der Waals surface area contributed by atoms with Gasteiger partial charge < -0.3 is 4.42 Å². The smallest absolute Gasteiger partial charge is 0.167 e. The summed E-state index contributed by atoms with van der Waals surface area (Å²) in [6.45, 7) is 0. The van der Waals surface area contributed by atoms with Gasteiger partial charge in [-0.15, -0.1) is 22.7 Å². The van der Waals surface area contributed by atoms with Crippen LogP contribution in [0, 0.1) is 0 Å². The third-order valence-electron chi connectivity index (χ3n) is 10.9. The molecule has 0 radical (unpaired) electrons. The summed E-state index contributed by atoms with van der Waals surface area (Å²) < 4.78 is 11.9. The monoisotopic (exact) mass is 763 g/mol. The minimum atomic E-state index is 0.573. The van der Waals surface area contributed by atoms with Crippen LogP contribution in [-0.4, -0.2) is 15.0 Å². The van der Waals surface area contributed by atoms with Gasteiger partial charge in [0.25, 0.3) is 0 Å². The summed E-state index contributed by atoms with van der Waals surface area (Å²) in [4.78, 5) is 15.4. The van der Waals surface area contributed by atoms with E-state index in [1.165, 1.54) is 46.8 Å². The van der Waals surface area contributed by atoms with Gasteiger partial charge in [-0.2, -0.15) is 0 Å². The fourth-order valence-electron chi connectivity index (χ4n) is 8.24. The van der Waals surface area contributed by atoms with Crippen molar-refractivity contribution in [3.8, 4) is 56.4 Å². The van der Waals surface area contributed by atoms with E-state index in [2.05, 4.69) is 146 Å². The Morgan fingerprint density at radius 3 is 1.67 bits per heavy atom. The molecule has 57 heavy (non-hydrogen) atoms. The second kappa shape index (κ2) is 12.8. The SMILES string of the molecule is c1ccc(-c2nc(-c3cccc4c3oc3cc(-c5cc(-c6ccccc6)c6sc7ccccc7c6c5)ccc34)nc(-c3cccc4c3sc3ccccc34)n2)cc1. The third-order valence-corrected chi connectivity index (χ3v) is 13.4. The van der Waals surface area contributed by atoms with Gasteiger partial charge in [0.15, 0.2) is 17.5 Å². The van der Waals surface area contributed by atoms with Crippen LogP contribution in [0.5, 0.6) is 0 Å². The molecule has 12 aromatic rings. The van der Waals surface area contributed by atoms with Gasteiger partial charge in [0.1, 0.15) is 11.2 Å². The lowest BCUT2D eigenvalue weighted by molar-refractivity contribution is 0.669. The van der Waals surface area contributed by atoms with Gasteiger partial charge in [0.2, 0.25) is 0 Å². The van der Waals surface area contributed by atoms with E-state index in [0.29, 0.717) is 17.5 Å². The van der Waals surface area contributed by atoms with Crippen LogP contribution in [0.1, 0.15) is 0 Å². The first-order valence-electron chi connectivity index (χ1n) is 18.9. The van der Waals surface area contributed by atoms with E-state index in [0.717, 1.165) is 54.5 Å². The summed E-state index contributed by atoms with van der Waals surface area (Å²) in [6, 6.07) is 62.0. The molecule has 266 valence electrons. The van der Waals surface area contributed by atoms with E-state index in [1.807, 2.05) is 41.7 Å². The highest BCUT2D eigenvalue weighted by atomic mass is 32.1. The second-order valence-corrected chi connectivity index (χ2v) is 16.4. The van der Waals surface area contributed by atoms with Crippen LogP contribution in [0.15, 0.2) is 180 Å². The normalized spacial score (nSPS) is 11.9. The van der Waals surface area contributed by atoms with Crippen LogP contribution < -0.4 is 0 Å². The van der Waals surface area contributed by atoms with Crippen molar-refractivity contribution < 1.29 is 4.42 Å². The Labute approximate surface area is 335 Å². The second-order valence-electron chi connectivity index (χ2n) is 14.3. The largest absolute Gasteiger partial charge is 0.455 e. The van der Waals surface area contributed by atoms with Gasteiger partial charge in [-0.05, 0) is 65.2 Å². The molecule has 8 aromatic carbocycles. The predicted octanol–water partition coefficient (Wildman–Crippen LogP) is 14.8. The lowest BCUT2D eigenvalue weighted by atomic mass is 9.95. The molecule has 0 bridgehead atoms. The molecule has 12 rings (SSSR count). The Balaban J connectivity index is 1.04. The number of thiophene rings is 2. The van der Waals surface area contributed by atoms with Crippen LogP contribution in [0.2, 0.25) is 0 Å². The lowest BCUT2D eigenvalue weighted by Crippen LogP contribution is -2.00. The molecule has 0 aliphatic carbocycles. The number of para-hydroxylation sites is 1. The number of fused-ring (bicyclic) bond motifs is 9. The molecule has 0 aliphatic heterocycles. The lowest BCUT2D eigenvalue weighted by Gasteiger charge is -2.09. The van der Waals surface area contributed by atoms with E-state index >= 15 is 0 Å². The summed E-state index contributed by atoms with van der Waals surface area (Å²) in [5.74, 6) is 1.83. The van der Waals surface area contributed by atoms with Gasteiger partial charge in [-0.25, -0.2) is 15.0 Å². The van der Waals surface area contributed by atoms with Crippen LogP contribution >= 0.6 is 22.7 Å². The first-order valence-corrected chi connectivity index (χ1v) is 20.6. The summed E-state index contributed by atoms with van der Waals surface area (Å²) in [5.41, 5.74) is 9.01. The number of nitrogens with zero attached hydrogens (tertiary/aromatic N) is 3. The molecule has 0 atom stereocenters. The Morgan fingerprint density at radius 1 is 0.333 bits per heavy atom. The van der Waals surface area contributed by atoms with Crippen molar-refractivity contribution >= 4 is 85.0 Å². The zero-order valence-corrected chi connectivity index (χ0v) is 31.9. The minimum Gasteiger partial charge on any atom is -0.455 e. The Kier molecular flexibility index (Phi) is 7.24. The van der Waals surface area contributed by atoms with Gasteiger partial charge in [0.05, 0.1) is 5.56 Å². The first-order chi connectivity index (χ1) is 28.2. The Morgan fingerprint density at radius 2 is 0.912 bits per heavy atom. The molecule has 0 aliphatic rings. The zero-order valence-electron chi connectivity index (χ0n) is 30.3. The maximum atomic E-state index is 6.86. The van der Waals surface area contributed by atoms with Crippen molar-refractivity contribution in [3.05, 3.63) is 176 Å². The fourth-order valence-corrected chi connectivity index (χ4v) is 10.7.